The number of hydrogen-bond acceptors (Lipinski definition) is 4. The van der Waals surface area contributed by atoms with E-state index in [1.165, 1.54) is 0 Å². The lowest BCUT2D eigenvalue weighted by molar-refractivity contribution is -0.140. The number of hydrogen-bond donors (Lipinski definition) is 0. The van der Waals surface area contributed by atoms with Crippen molar-refractivity contribution in [3.63, 3.8) is 0 Å². The van der Waals surface area contributed by atoms with Crippen molar-refractivity contribution in [3.8, 4) is 0 Å². The maximum atomic E-state index is 12.5. The second kappa shape index (κ2) is 6.16. The molecule has 0 spiro atoms. The Bertz CT molecular complexity index is 673. The molecule has 23 heavy (non-hydrogen) atoms. The van der Waals surface area contributed by atoms with E-state index in [-0.39, 0.29) is 12.0 Å². The van der Waals surface area contributed by atoms with Crippen molar-refractivity contribution in [2.45, 2.75) is 38.5 Å². The molecule has 7 nitrogen and oxygen atoms in total. The zero-order valence-electron chi connectivity index (χ0n) is 13.1. The SMILES string of the molecule is O=C(C1CCCO1)N1CCc2nnc(Cn3cccc3)n2CC1. The van der Waals surface area contributed by atoms with Crippen LogP contribution in [0.25, 0.3) is 0 Å². The van der Waals surface area contributed by atoms with Gasteiger partial charge in [0.15, 0.2) is 5.82 Å². The molecule has 2 aromatic heterocycles. The predicted molar refractivity (Wildman–Crippen MR) is 82.8 cm³/mol. The maximum Gasteiger partial charge on any atom is 0.251 e. The van der Waals surface area contributed by atoms with E-state index in [0.29, 0.717) is 26.2 Å². The summed E-state index contributed by atoms with van der Waals surface area (Å²) in [7, 11) is 0. The molecule has 1 unspecified atom stereocenters. The molecule has 0 bridgehead atoms. The van der Waals surface area contributed by atoms with Crippen LogP contribution in [0, 0.1) is 0 Å². The lowest BCUT2D eigenvalue weighted by atomic mass is 10.2. The number of amides is 1. The van der Waals surface area contributed by atoms with Crippen LogP contribution in [-0.4, -0.2) is 55.9 Å². The van der Waals surface area contributed by atoms with E-state index in [9.17, 15) is 4.79 Å². The van der Waals surface area contributed by atoms with Crippen LogP contribution in [0.5, 0.6) is 0 Å². The summed E-state index contributed by atoms with van der Waals surface area (Å²) in [6, 6.07) is 4.00. The third kappa shape index (κ3) is 2.88. The molecule has 0 saturated carbocycles. The van der Waals surface area contributed by atoms with Crippen LogP contribution in [0.3, 0.4) is 0 Å². The molecule has 2 aliphatic rings. The average Bonchev–Trinajstić information content (AvgIpc) is 3.29. The van der Waals surface area contributed by atoms with Crippen LogP contribution in [0.1, 0.15) is 24.5 Å². The first-order valence-corrected chi connectivity index (χ1v) is 8.23. The van der Waals surface area contributed by atoms with Crippen molar-refractivity contribution in [2.75, 3.05) is 19.7 Å². The van der Waals surface area contributed by atoms with Gasteiger partial charge in [0.05, 0.1) is 6.54 Å². The Labute approximate surface area is 134 Å². The van der Waals surface area contributed by atoms with Crippen molar-refractivity contribution >= 4 is 5.91 Å². The van der Waals surface area contributed by atoms with Crippen molar-refractivity contribution < 1.29 is 9.53 Å². The lowest BCUT2D eigenvalue weighted by Crippen LogP contribution is -2.40. The van der Waals surface area contributed by atoms with Gasteiger partial charge in [-0.25, -0.2) is 0 Å². The van der Waals surface area contributed by atoms with Crippen LogP contribution < -0.4 is 0 Å². The van der Waals surface area contributed by atoms with Gasteiger partial charge >= 0.3 is 0 Å². The summed E-state index contributed by atoms with van der Waals surface area (Å²) in [6.07, 6.45) is 6.38. The normalized spacial score (nSPS) is 21.2. The third-order valence-electron chi connectivity index (χ3n) is 4.61. The number of ether oxygens (including phenoxy) is 1. The van der Waals surface area contributed by atoms with Gasteiger partial charge in [-0.3, -0.25) is 4.79 Å². The van der Waals surface area contributed by atoms with Crippen LogP contribution in [0.4, 0.5) is 0 Å². The molecular weight excluding hydrogens is 294 g/mol. The van der Waals surface area contributed by atoms with Gasteiger partial charge in [0.1, 0.15) is 11.9 Å². The van der Waals surface area contributed by atoms with Crippen LogP contribution >= 0.6 is 0 Å². The maximum absolute atomic E-state index is 12.5. The summed E-state index contributed by atoms with van der Waals surface area (Å²) in [4.78, 5) is 14.4. The van der Waals surface area contributed by atoms with Gasteiger partial charge < -0.3 is 18.8 Å². The number of rotatable bonds is 3. The lowest BCUT2D eigenvalue weighted by Gasteiger charge is -2.23. The van der Waals surface area contributed by atoms with Crippen LogP contribution in [0.2, 0.25) is 0 Å². The van der Waals surface area contributed by atoms with Gasteiger partial charge in [0.25, 0.3) is 5.91 Å². The Hall–Kier alpha value is -2.15. The van der Waals surface area contributed by atoms with E-state index < -0.39 is 0 Å². The average molecular weight is 315 g/mol. The Morgan fingerprint density at radius 2 is 2.09 bits per heavy atom. The van der Waals surface area contributed by atoms with E-state index in [1.54, 1.807) is 0 Å². The van der Waals surface area contributed by atoms with Gasteiger partial charge in [0, 0.05) is 45.1 Å². The molecule has 0 aromatic carbocycles. The zero-order valence-corrected chi connectivity index (χ0v) is 13.1. The van der Waals surface area contributed by atoms with Crippen LogP contribution in [-0.2, 0) is 29.0 Å². The highest BCUT2D eigenvalue weighted by molar-refractivity contribution is 5.81. The standard InChI is InChI=1S/C16H21N5O2/c22-16(13-4-3-11-23-13)20-8-5-14-17-18-15(21(14)10-9-20)12-19-6-1-2-7-19/h1-2,6-7,13H,3-5,8-12H2. The fourth-order valence-electron chi connectivity index (χ4n) is 3.34. The molecule has 2 aromatic rings. The topological polar surface area (TPSA) is 65.2 Å². The van der Waals surface area contributed by atoms with Gasteiger partial charge in [-0.2, -0.15) is 0 Å². The zero-order chi connectivity index (χ0) is 15.6. The summed E-state index contributed by atoms with van der Waals surface area (Å²) >= 11 is 0. The fraction of sp³-hybridized carbons (Fsp3) is 0.562. The van der Waals surface area contributed by atoms with Crippen molar-refractivity contribution in [1.82, 2.24) is 24.2 Å². The van der Waals surface area contributed by atoms with E-state index >= 15 is 0 Å². The minimum Gasteiger partial charge on any atom is -0.368 e. The number of carbonyl (C=O) groups excluding carboxylic acids is 1. The first kappa shape index (κ1) is 14.4. The summed E-state index contributed by atoms with van der Waals surface area (Å²) in [5.74, 6) is 2.05. The molecule has 7 heteroatoms. The van der Waals surface area contributed by atoms with Crippen LogP contribution in [0.15, 0.2) is 24.5 Å². The summed E-state index contributed by atoms with van der Waals surface area (Å²) in [5, 5.41) is 8.64. The number of aromatic nitrogens is 4. The molecule has 1 amide bonds. The van der Waals surface area contributed by atoms with Gasteiger partial charge in [0.2, 0.25) is 0 Å². The largest absolute Gasteiger partial charge is 0.368 e. The van der Waals surface area contributed by atoms with Crippen molar-refractivity contribution in [3.05, 3.63) is 36.2 Å². The Balaban J connectivity index is 1.46. The molecule has 1 saturated heterocycles. The minimum atomic E-state index is -0.238. The highest BCUT2D eigenvalue weighted by Gasteiger charge is 2.30. The number of fused-ring (bicyclic) bond motifs is 1. The third-order valence-corrected chi connectivity index (χ3v) is 4.61. The van der Waals surface area contributed by atoms with E-state index in [4.69, 9.17) is 4.74 Å². The Kier molecular flexibility index (Phi) is 3.87. The number of carbonyl (C=O) groups is 1. The van der Waals surface area contributed by atoms with E-state index in [1.807, 2.05) is 29.4 Å². The molecule has 0 N–H and O–H groups in total. The Morgan fingerprint density at radius 1 is 1.22 bits per heavy atom. The predicted octanol–water partition coefficient (Wildman–Crippen LogP) is 0.692. The Morgan fingerprint density at radius 3 is 2.87 bits per heavy atom. The number of nitrogens with zero attached hydrogens (tertiary/aromatic N) is 5. The first-order chi connectivity index (χ1) is 11.3. The van der Waals surface area contributed by atoms with Crippen molar-refractivity contribution in [1.29, 1.82) is 0 Å². The van der Waals surface area contributed by atoms with E-state index in [0.717, 1.165) is 37.5 Å². The second-order valence-electron chi connectivity index (χ2n) is 6.12. The first-order valence-electron chi connectivity index (χ1n) is 8.23. The molecule has 1 atom stereocenters. The molecule has 0 radical (unpaired) electrons. The quantitative estimate of drug-likeness (QED) is 0.836. The monoisotopic (exact) mass is 315 g/mol. The van der Waals surface area contributed by atoms with Crippen molar-refractivity contribution in [2.24, 2.45) is 0 Å². The highest BCUT2D eigenvalue weighted by atomic mass is 16.5. The smallest absolute Gasteiger partial charge is 0.251 e. The molecule has 2 aliphatic heterocycles. The molecule has 4 heterocycles. The highest BCUT2D eigenvalue weighted by Crippen LogP contribution is 2.17. The molecule has 0 aliphatic carbocycles. The minimum absolute atomic E-state index is 0.133. The summed E-state index contributed by atoms with van der Waals surface area (Å²) < 4.78 is 9.77. The molecular formula is C16H21N5O2. The molecule has 1 fully saturated rings. The van der Waals surface area contributed by atoms with Gasteiger partial charge in [-0.05, 0) is 25.0 Å². The second-order valence-corrected chi connectivity index (χ2v) is 6.12. The summed E-state index contributed by atoms with van der Waals surface area (Å²) in [6.45, 7) is 3.55. The fourth-order valence-corrected chi connectivity index (χ4v) is 3.34. The summed E-state index contributed by atoms with van der Waals surface area (Å²) in [5.41, 5.74) is 0. The molecule has 4 rings (SSSR count). The van der Waals surface area contributed by atoms with Gasteiger partial charge in [-0.15, -0.1) is 10.2 Å². The molecule has 122 valence electrons. The van der Waals surface area contributed by atoms with Gasteiger partial charge in [-0.1, -0.05) is 0 Å². The van der Waals surface area contributed by atoms with E-state index in [2.05, 4.69) is 19.3 Å².